The van der Waals surface area contributed by atoms with E-state index in [4.69, 9.17) is 0 Å². The van der Waals surface area contributed by atoms with Gasteiger partial charge in [-0.1, -0.05) is 26.0 Å². The van der Waals surface area contributed by atoms with Gasteiger partial charge in [-0.05, 0) is 55.9 Å². The Morgan fingerprint density at radius 3 is 2.39 bits per heavy atom. The van der Waals surface area contributed by atoms with E-state index in [1.807, 2.05) is 11.8 Å². The number of rotatable bonds is 4. The van der Waals surface area contributed by atoms with Gasteiger partial charge in [0, 0.05) is 16.6 Å². The Labute approximate surface area is 116 Å². The third kappa shape index (κ3) is 3.44. The summed E-state index contributed by atoms with van der Waals surface area (Å²) in [5.41, 5.74) is 1.32. The van der Waals surface area contributed by atoms with Crippen LogP contribution in [-0.4, -0.2) is 12.3 Å². The molecule has 1 aromatic rings. The fourth-order valence-electron chi connectivity index (χ4n) is 2.91. The predicted molar refractivity (Wildman–Crippen MR) is 82.4 cm³/mol. The van der Waals surface area contributed by atoms with E-state index in [0.29, 0.717) is 6.04 Å². The molecule has 0 heterocycles. The molecule has 0 bridgehead atoms. The molecule has 0 amide bonds. The monoisotopic (exact) mass is 263 g/mol. The lowest BCUT2D eigenvalue weighted by atomic mass is 9.79. The van der Waals surface area contributed by atoms with Gasteiger partial charge in [0.1, 0.15) is 0 Å². The first-order valence-corrected chi connectivity index (χ1v) is 8.32. The van der Waals surface area contributed by atoms with Crippen LogP contribution in [0.4, 0.5) is 5.69 Å². The van der Waals surface area contributed by atoms with E-state index in [1.165, 1.54) is 36.3 Å². The van der Waals surface area contributed by atoms with Crippen molar-refractivity contribution < 1.29 is 0 Å². The van der Waals surface area contributed by atoms with Gasteiger partial charge in [-0.2, -0.15) is 0 Å². The molecule has 1 saturated carbocycles. The van der Waals surface area contributed by atoms with E-state index in [9.17, 15) is 0 Å². The SMILES string of the molecule is CSc1ccccc1NC1CCC(C(C)C)CC1. The molecule has 100 valence electrons. The van der Waals surface area contributed by atoms with Crippen LogP contribution in [0.15, 0.2) is 29.2 Å². The summed E-state index contributed by atoms with van der Waals surface area (Å²) in [7, 11) is 0. The van der Waals surface area contributed by atoms with Gasteiger partial charge in [-0.3, -0.25) is 0 Å². The third-order valence-corrected chi connectivity index (χ3v) is 4.98. The zero-order chi connectivity index (χ0) is 13.0. The second kappa shape index (κ2) is 6.51. The second-order valence-electron chi connectivity index (χ2n) is 5.70. The second-order valence-corrected chi connectivity index (χ2v) is 6.55. The molecule has 18 heavy (non-hydrogen) atoms. The van der Waals surface area contributed by atoms with Crippen LogP contribution in [-0.2, 0) is 0 Å². The number of thioether (sulfide) groups is 1. The summed E-state index contributed by atoms with van der Waals surface area (Å²) >= 11 is 1.83. The van der Waals surface area contributed by atoms with Gasteiger partial charge >= 0.3 is 0 Å². The van der Waals surface area contributed by atoms with Crippen molar-refractivity contribution in [3.63, 3.8) is 0 Å². The Kier molecular flexibility index (Phi) is 4.99. The largest absolute Gasteiger partial charge is 0.381 e. The molecule has 2 rings (SSSR count). The minimum atomic E-state index is 0.674. The molecule has 0 unspecified atom stereocenters. The van der Waals surface area contributed by atoms with Crippen molar-refractivity contribution in [3.8, 4) is 0 Å². The molecule has 0 atom stereocenters. The van der Waals surface area contributed by atoms with Gasteiger partial charge in [-0.15, -0.1) is 11.8 Å². The highest BCUT2D eigenvalue weighted by Gasteiger charge is 2.23. The summed E-state index contributed by atoms with van der Waals surface area (Å²) in [5, 5.41) is 3.74. The molecule has 1 nitrogen and oxygen atoms in total. The zero-order valence-electron chi connectivity index (χ0n) is 11.8. The maximum absolute atomic E-state index is 3.74. The summed E-state index contributed by atoms with van der Waals surface area (Å²) in [6.07, 6.45) is 7.57. The van der Waals surface area contributed by atoms with E-state index >= 15 is 0 Å². The maximum Gasteiger partial charge on any atom is 0.0480 e. The lowest BCUT2D eigenvalue weighted by molar-refractivity contribution is 0.267. The fraction of sp³-hybridized carbons (Fsp3) is 0.625. The van der Waals surface area contributed by atoms with Gasteiger partial charge in [-0.25, -0.2) is 0 Å². The van der Waals surface area contributed by atoms with Crippen molar-refractivity contribution in [1.82, 2.24) is 0 Å². The number of nitrogens with one attached hydrogen (secondary N) is 1. The van der Waals surface area contributed by atoms with Crippen LogP contribution >= 0.6 is 11.8 Å². The molecule has 1 aromatic carbocycles. The lowest BCUT2D eigenvalue weighted by Crippen LogP contribution is -2.28. The van der Waals surface area contributed by atoms with Crippen LogP contribution in [0.25, 0.3) is 0 Å². The molecule has 1 N–H and O–H groups in total. The smallest absolute Gasteiger partial charge is 0.0480 e. The van der Waals surface area contributed by atoms with Gasteiger partial charge in [0.2, 0.25) is 0 Å². The number of benzene rings is 1. The van der Waals surface area contributed by atoms with E-state index < -0.39 is 0 Å². The van der Waals surface area contributed by atoms with Crippen LogP contribution in [0.5, 0.6) is 0 Å². The molecular weight excluding hydrogens is 238 g/mol. The Morgan fingerprint density at radius 1 is 1.11 bits per heavy atom. The molecule has 0 aliphatic heterocycles. The molecule has 0 radical (unpaired) electrons. The Bertz CT molecular complexity index is 367. The molecule has 1 aliphatic rings. The molecule has 0 aromatic heterocycles. The maximum atomic E-state index is 3.74. The van der Waals surface area contributed by atoms with E-state index in [-0.39, 0.29) is 0 Å². The van der Waals surface area contributed by atoms with E-state index in [2.05, 4.69) is 49.7 Å². The van der Waals surface area contributed by atoms with Crippen molar-refractivity contribution in [2.24, 2.45) is 11.8 Å². The molecular formula is C16H25NS. The highest BCUT2D eigenvalue weighted by molar-refractivity contribution is 7.98. The topological polar surface area (TPSA) is 12.0 Å². The van der Waals surface area contributed by atoms with Crippen LogP contribution in [0.2, 0.25) is 0 Å². The van der Waals surface area contributed by atoms with Crippen LogP contribution in [0, 0.1) is 11.8 Å². The minimum Gasteiger partial charge on any atom is -0.381 e. The molecule has 1 aliphatic carbocycles. The standard InChI is InChI=1S/C16H25NS/c1-12(2)13-8-10-14(11-9-13)17-15-6-4-5-7-16(15)18-3/h4-7,12-14,17H,8-11H2,1-3H3. The van der Waals surface area contributed by atoms with Gasteiger partial charge < -0.3 is 5.32 Å². The van der Waals surface area contributed by atoms with Crippen molar-refractivity contribution in [3.05, 3.63) is 24.3 Å². The Morgan fingerprint density at radius 2 is 1.78 bits per heavy atom. The first-order valence-electron chi connectivity index (χ1n) is 7.10. The Balaban J connectivity index is 1.91. The highest BCUT2D eigenvalue weighted by Crippen LogP contribution is 2.33. The summed E-state index contributed by atoms with van der Waals surface area (Å²) < 4.78 is 0. The molecule has 2 heteroatoms. The van der Waals surface area contributed by atoms with E-state index in [0.717, 1.165) is 11.8 Å². The fourth-order valence-corrected chi connectivity index (χ4v) is 3.48. The molecule has 0 saturated heterocycles. The molecule has 1 fully saturated rings. The normalized spacial score (nSPS) is 24.2. The zero-order valence-corrected chi connectivity index (χ0v) is 12.6. The summed E-state index contributed by atoms with van der Waals surface area (Å²) in [5.74, 6) is 1.79. The van der Waals surface area contributed by atoms with Crippen LogP contribution in [0.1, 0.15) is 39.5 Å². The van der Waals surface area contributed by atoms with Crippen LogP contribution in [0.3, 0.4) is 0 Å². The van der Waals surface area contributed by atoms with E-state index in [1.54, 1.807) is 0 Å². The highest BCUT2D eigenvalue weighted by atomic mass is 32.2. The van der Waals surface area contributed by atoms with Crippen molar-refractivity contribution in [1.29, 1.82) is 0 Å². The minimum absolute atomic E-state index is 0.674. The summed E-state index contributed by atoms with van der Waals surface area (Å²) in [4.78, 5) is 1.36. The quantitative estimate of drug-likeness (QED) is 0.764. The lowest BCUT2D eigenvalue weighted by Gasteiger charge is -2.32. The number of anilines is 1. The first kappa shape index (κ1) is 13.8. The van der Waals surface area contributed by atoms with Gasteiger partial charge in [0.05, 0.1) is 0 Å². The average Bonchev–Trinajstić information content (AvgIpc) is 2.40. The van der Waals surface area contributed by atoms with Crippen molar-refractivity contribution in [2.45, 2.75) is 50.5 Å². The van der Waals surface area contributed by atoms with Gasteiger partial charge in [0.15, 0.2) is 0 Å². The average molecular weight is 263 g/mol. The number of para-hydroxylation sites is 1. The summed E-state index contributed by atoms with van der Waals surface area (Å²) in [6, 6.07) is 9.33. The third-order valence-electron chi connectivity index (χ3n) is 4.18. The Hall–Kier alpha value is -0.630. The molecule has 0 spiro atoms. The number of hydrogen-bond acceptors (Lipinski definition) is 2. The van der Waals surface area contributed by atoms with Gasteiger partial charge in [0.25, 0.3) is 0 Å². The number of hydrogen-bond donors (Lipinski definition) is 1. The van der Waals surface area contributed by atoms with Crippen molar-refractivity contribution in [2.75, 3.05) is 11.6 Å². The first-order chi connectivity index (χ1) is 8.70. The van der Waals surface area contributed by atoms with Crippen LogP contribution < -0.4 is 5.32 Å². The van der Waals surface area contributed by atoms with Crippen molar-refractivity contribution >= 4 is 17.4 Å². The predicted octanol–water partition coefficient (Wildman–Crippen LogP) is 5.04. The summed E-state index contributed by atoms with van der Waals surface area (Å²) in [6.45, 7) is 4.73.